The molecule has 4 nitrogen and oxygen atoms in total. The van der Waals surface area contributed by atoms with Gasteiger partial charge in [-0.2, -0.15) is 0 Å². The van der Waals surface area contributed by atoms with Crippen LogP contribution in [0, 0.1) is 5.92 Å². The Morgan fingerprint density at radius 3 is 2.83 bits per heavy atom. The normalized spacial score (nSPS) is 12.0. The summed E-state index contributed by atoms with van der Waals surface area (Å²) in [7, 11) is 3.40. The Balaban J connectivity index is 2.72. The van der Waals surface area contributed by atoms with Crippen LogP contribution in [-0.4, -0.2) is 26.6 Å². The highest BCUT2D eigenvalue weighted by Gasteiger charge is 2.18. The minimum absolute atomic E-state index is 0.00949. The molecule has 0 spiro atoms. The molecule has 1 rings (SSSR count). The van der Waals surface area contributed by atoms with Crippen molar-refractivity contribution in [1.82, 2.24) is 0 Å². The van der Waals surface area contributed by atoms with E-state index in [1.165, 1.54) is 0 Å². The van der Waals surface area contributed by atoms with E-state index in [-0.39, 0.29) is 11.8 Å². The molecule has 1 atom stereocenters. The van der Waals surface area contributed by atoms with E-state index in [1.807, 2.05) is 31.2 Å². The molecule has 4 heteroatoms. The topological polar surface area (TPSA) is 55.6 Å². The van der Waals surface area contributed by atoms with Crippen molar-refractivity contribution in [3.8, 4) is 5.75 Å². The van der Waals surface area contributed by atoms with Gasteiger partial charge in [0.15, 0.2) is 0 Å². The van der Waals surface area contributed by atoms with Crippen LogP contribution in [0.2, 0.25) is 0 Å². The Kier molecular flexibility index (Phi) is 5.65. The Morgan fingerprint density at radius 2 is 2.22 bits per heavy atom. The van der Waals surface area contributed by atoms with Crippen LogP contribution in [0.4, 0.5) is 5.69 Å². The quantitative estimate of drug-likeness (QED) is 0.840. The van der Waals surface area contributed by atoms with E-state index in [9.17, 15) is 4.79 Å². The Labute approximate surface area is 109 Å². The molecule has 0 radical (unpaired) electrons. The first-order valence-corrected chi connectivity index (χ1v) is 6.21. The Bertz CT molecular complexity index is 393. The molecule has 100 valence electrons. The molecule has 0 heterocycles. The maximum atomic E-state index is 12.2. The van der Waals surface area contributed by atoms with Crippen LogP contribution in [0.25, 0.3) is 0 Å². The van der Waals surface area contributed by atoms with E-state index in [1.54, 1.807) is 19.1 Å². The monoisotopic (exact) mass is 250 g/mol. The molecule has 0 aliphatic carbocycles. The van der Waals surface area contributed by atoms with Crippen molar-refractivity contribution in [2.45, 2.75) is 19.8 Å². The molecular weight excluding hydrogens is 228 g/mol. The van der Waals surface area contributed by atoms with Crippen LogP contribution in [0.1, 0.15) is 19.8 Å². The van der Waals surface area contributed by atoms with Gasteiger partial charge in [-0.1, -0.05) is 13.0 Å². The molecule has 0 saturated carbocycles. The van der Waals surface area contributed by atoms with Gasteiger partial charge in [0, 0.05) is 24.7 Å². The predicted molar refractivity (Wildman–Crippen MR) is 73.9 cm³/mol. The maximum absolute atomic E-state index is 12.2. The van der Waals surface area contributed by atoms with Crippen LogP contribution in [-0.2, 0) is 4.79 Å². The molecule has 1 aromatic carbocycles. The Hall–Kier alpha value is -1.55. The summed E-state index contributed by atoms with van der Waals surface area (Å²) < 4.78 is 5.16. The summed E-state index contributed by atoms with van der Waals surface area (Å²) in [4.78, 5) is 13.9. The molecule has 0 aliphatic heterocycles. The van der Waals surface area contributed by atoms with Crippen molar-refractivity contribution in [2.24, 2.45) is 11.7 Å². The van der Waals surface area contributed by atoms with Gasteiger partial charge >= 0.3 is 0 Å². The van der Waals surface area contributed by atoms with E-state index in [0.717, 1.165) is 24.3 Å². The zero-order valence-electron chi connectivity index (χ0n) is 11.3. The fourth-order valence-corrected chi connectivity index (χ4v) is 1.82. The third-order valence-electron chi connectivity index (χ3n) is 3.03. The molecule has 18 heavy (non-hydrogen) atoms. The van der Waals surface area contributed by atoms with Crippen molar-refractivity contribution in [1.29, 1.82) is 0 Å². The van der Waals surface area contributed by atoms with Crippen LogP contribution in [0.3, 0.4) is 0 Å². The number of anilines is 1. The number of nitrogens with two attached hydrogens (primary N) is 1. The van der Waals surface area contributed by atoms with Gasteiger partial charge < -0.3 is 15.4 Å². The number of amides is 1. The predicted octanol–water partition coefficient (Wildman–Crippen LogP) is 2.03. The van der Waals surface area contributed by atoms with Gasteiger partial charge in [-0.15, -0.1) is 0 Å². The van der Waals surface area contributed by atoms with E-state index in [4.69, 9.17) is 10.5 Å². The Morgan fingerprint density at radius 1 is 1.50 bits per heavy atom. The van der Waals surface area contributed by atoms with E-state index >= 15 is 0 Å². The summed E-state index contributed by atoms with van der Waals surface area (Å²) >= 11 is 0. The van der Waals surface area contributed by atoms with Crippen molar-refractivity contribution in [2.75, 3.05) is 25.6 Å². The SMILES string of the molecule is COc1cccc(N(C)C(=O)C(C)CCCN)c1. The van der Waals surface area contributed by atoms with Crippen molar-refractivity contribution in [3.05, 3.63) is 24.3 Å². The number of ether oxygens (including phenoxy) is 1. The smallest absolute Gasteiger partial charge is 0.229 e. The van der Waals surface area contributed by atoms with Gasteiger partial charge in [0.2, 0.25) is 5.91 Å². The molecule has 0 fully saturated rings. The summed E-state index contributed by atoms with van der Waals surface area (Å²) in [5.74, 6) is 0.850. The number of hydrogen-bond acceptors (Lipinski definition) is 3. The van der Waals surface area contributed by atoms with Crippen molar-refractivity contribution >= 4 is 11.6 Å². The van der Waals surface area contributed by atoms with Crippen LogP contribution < -0.4 is 15.4 Å². The van der Waals surface area contributed by atoms with Crippen LogP contribution in [0.5, 0.6) is 5.75 Å². The number of nitrogens with zero attached hydrogens (tertiary/aromatic N) is 1. The highest BCUT2D eigenvalue weighted by Crippen LogP contribution is 2.22. The van der Waals surface area contributed by atoms with Gasteiger partial charge in [0.25, 0.3) is 0 Å². The number of carbonyl (C=O) groups excluding carboxylic acids is 1. The van der Waals surface area contributed by atoms with E-state index in [0.29, 0.717) is 6.54 Å². The number of methoxy groups -OCH3 is 1. The third kappa shape index (κ3) is 3.74. The maximum Gasteiger partial charge on any atom is 0.229 e. The minimum Gasteiger partial charge on any atom is -0.497 e. The first-order chi connectivity index (χ1) is 8.60. The summed E-state index contributed by atoms with van der Waals surface area (Å²) in [5, 5.41) is 0. The molecule has 0 bridgehead atoms. The minimum atomic E-state index is -0.00949. The van der Waals surface area contributed by atoms with Gasteiger partial charge in [0.05, 0.1) is 7.11 Å². The molecule has 1 aromatic rings. The van der Waals surface area contributed by atoms with Gasteiger partial charge in [-0.05, 0) is 31.5 Å². The summed E-state index contributed by atoms with van der Waals surface area (Å²) in [6.45, 7) is 2.56. The van der Waals surface area contributed by atoms with Gasteiger partial charge in [0.1, 0.15) is 5.75 Å². The summed E-state index contributed by atoms with van der Waals surface area (Å²) in [5.41, 5.74) is 6.31. The third-order valence-corrected chi connectivity index (χ3v) is 3.03. The van der Waals surface area contributed by atoms with Crippen molar-refractivity contribution in [3.63, 3.8) is 0 Å². The molecule has 1 unspecified atom stereocenters. The van der Waals surface area contributed by atoms with E-state index < -0.39 is 0 Å². The number of rotatable bonds is 6. The zero-order valence-corrected chi connectivity index (χ0v) is 11.3. The fraction of sp³-hybridized carbons (Fsp3) is 0.500. The van der Waals surface area contributed by atoms with Crippen LogP contribution >= 0.6 is 0 Å². The molecule has 1 amide bonds. The molecule has 0 saturated heterocycles. The number of carbonyl (C=O) groups is 1. The van der Waals surface area contributed by atoms with Crippen molar-refractivity contribution < 1.29 is 9.53 Å². The average Bonchev–Trinajstić information content (AvgIpc) is 2.43. The summed E-state index contributed by atoms with van der Waals surface area (Å²) in [6, 6.07) is 7.49. The highest BCUT2D eigenvalue weighted by atomic mass is 16.5. The molecule has 2 N–H and O–H groups in total. The molecular formula is C14H22N2O2. The summed E-state index contributed by atoms with van der Waals surface area (Å²) in [6.07, 6.45) is 1.70. The first kappa shape index (κ1) is 14.5. The second-order valence-electron chi connectivity index (χ2n) is 4.43. The fourth-order valence-electron chi connectivity index (χ4n) is 1.82. The lowest BCUT2D eigenvalue weighted by Crippen LogP contribution is -2.31. The highest BCUT2D eigenvalue weighted by molar-refractivity contribution is 5.94. The van der Waals surface area contributed by atoms with Gasteiger partial charge in [-0.3, -0.25) is 4.79 Å². The second-order valence-corrected chi connectivity index (χ2v) is 4.43. The largest absolute Gasteiger partial charge is 0.497 e. The lowest BCUT2D eigenvalue weighted by atomic mass is 10.0. The van der Waals surface area contributed by atoms with Gasteiger partial charge in [-0.25, -0.2) is 0 Å². The standard InChI is InChI=1S/C14H22N2O2/c1-11(6-5-9-15)14(17)16(2)12-7-4-8-13(10-12)18-3/h4,7-8,10-11H,5-6,9,15H2,1-3H3. The average molecular weight is 250 g/mol. The molecule has 0 aromatic heterocycles. The lowest BCUT2D eigenvalue weighted by Gasteiger charge is -2.21. The number of benzene rings is 1. The second kappa shape index (κ2) is 7.01. The van der Waals surface area contributed by atoms with Crippen LogP contribution in [0.15, 0.2) is 24.3 Å². The molecule has 0 aliphatic rings. The van der Waals surface area contributed by atoms with E-state index in [2.05, 4.69) is 0 Å². The zero-order chi connectivity index (χ0) is 13.5. The lowest BCUT2D eigenvalue weighted by molar-refractivity contribution is -0.121. The number of hydrogen-bond donors (Lipinski definition) is 1. The first-order valence-electron chi connectivity index (χ1n) is 6.21.